The van der Waals surface area contributed by atoms with Crippen LogP contribution >= 0.6 is 0 Å². The molecule has 1 fully saturated rings. The lowest BCUT2D eigenvalue weighted by molar-refractivity contribution is 0.176. The first-order valence-corrected chi connectivity index (χ1v) is 6.17. The van der Waals surface area contributed by atoms with Crippen molar-refractivity contribution in [3.8, 4) is 0 Å². The van der Waals surface area contributed by atoms with E-state index >= 15 is 0 Å². The molecule has 0 bridgehead atoms. The number of nitrogens with zero attached hydrogens (tertiary/aromatic N) is 2. The van der Waals surface area contributed by atoms with Gasteiger partial charge in [-0.25, -0.2) is 0 Å². The summed E-state index contributed by atoms with van der Waals surface area (Å²) in [6.07, 6.45) is 8.84. The number of hydrogen-bond acceptors (Lipinski definition) is 2. The van der Waals surface area contributed by atoms with Crippen LogP contribution in [0.25, 0.3) is 0 Å². The van der Waals surface area contributed by atoms with Crippen molar-refractivity contribution in [1.82, 2.24) is 0 Å². The zero-order valence-electron chi connectivity index (χ0n) is 10.1. The highest BCUT2D eigenvalue weighted by Gasteiger charge is 2.37. The number of fused-ring (bicyclic) bond motifs is 1. The zero-order valence-corrected chi connectivity index (χ0v) is 10.1. The molecule has 0 radical (unpaired) electrons. The first-order valence-electron chi connectivity index (χ1n) is 6.17. The summed E-state index contributed by atoms with van der Waals surface area (Å²) >= 11 is 0. The van der Waals surface area contributed by atoms with Gasteiger partial charge in [-0.15, -0.1) is 0 Å². The number of aliphatic imine (C=N–C) groups is 2. The SMILES string of the molecule is CC(C)C1(C)CCCC2N=CC=NC2C1. The van der Waals surface area contributed by atoms with E-state index in [0.29, 0.717) is 17.5 Å². The van der Waals surface area contributed by atoms with Gasteiger partial charge in [-0.3, -0.25) is 9.98 Å². The molecule has 2 aliphatic rings. The van der Waals surface area contributed by atoms with Gasteiger partial charge in [0.1, 0.15) is 0 Å². The largest absolute Gasteiger partial charge is 0.286 e. The Kier molecular flexibility index (Phi) is 2.94. The molecule has 15 heavy (non-hydrogen) atoms. The second kappa shape index (κ2) is 4.07. The molecule has 0 aromatic carbocycles. The third kappa shape index (κ3) is 2.14. The average Bonchev–Trinajstić information content (AvgIpc) is 2.36. The number of rotatable bonds is 1. The van der Waals surface area contributed by atoms with E-state index in [0.717, 1.165) is 5.92 Å². The van der Waals surface area contributed by atoms with Gasteiger partial charge in [-0.2, -0.15) is 0 Å². The third-order valence-corrected chi connectivity index (χ3v) is 4.38. The van der Waals surface area contributed by atoms with Crippen LogP contribution in [0, 0.1) is 11.3 Å². The average molecular weight is 206 g/mol. The molecule has 1 aliphatic heterocycles. The van der Waals surface area contributed by atoms with Crippen molar-refractivity contribution in [3.63, 3.8) is 0 Å². The Bertz CT molecular complexity index is 280. The van der Waals surface area contributed by atoms with Gasteiger partial charge in [0, 0.05) is 12.4 Å². The lowest BCUT2D eigenvalue weighted by atomic mass is 9.72. The topological polar surface area (TPSA) is 24.7 Å². The standard InChI is InChI=1S/C13H22N2/c1-10(2)13(3)6-4-5-11-12(9-13)15-8-7-14-11/h7-8,10-12H,4-6,9H2,1-3H3. The Balaban J connectivity index is 2.15. The van der Waals surface area contributed by atoms with Crippen LogP contribution in [0.1, 0.15) is 46.5 Å². The Morgan fingerprint density at radius 2 is 1.87 bits per heavy atom. The van der Waals surface area contributed by atoms with Crippen LogP contribution in [0.5, 0.6) is 0 Å². The van der Waals surface area contributed by atoms with Gasteiger partial charge in [-0.05, 0) is 30.6 Å². The summed E-state index contributed by atoms with van der Waals surface area (Å²) in [5.41, 5.74) is 0.462. The van der Waals surface area contributed by atoms with E-state index in [1.54, 1.807) is 0 Å². The molecule has 3 atom stereocenters. The molecule has 0 aromatic heterocycles. The molecular weight excluding hydrogens is 184 g/mol. The third-order valence-electron chi connectivity index (χ3n) is 4.38. The highest BCUT2D eigenvalue weighted by molar-refractivity contribution is 6.16. The molecule has 2 nitrogen and oxygen atoms in total. The van der Waals surface area contributed by atoms with Gasteiger partial charge in [0.05, 0.1) is 12.1 Å². The predicted molar refractivity (Wildman–Crippen MR) is 66.0 cm³/mol. The maximum Gasteiger partial charge on any atom is 0.0728 e. The Morgan fingerprint density at radius 1 is 1.20 bits per heavy atom. The van der Waals surface area contributed by atoms with Gasteiger partial charge in [0.15, 0.2) is 0 Å². The fourth-order valence-electron chi connectivity index (χ4n) is 2.77. The first kappa shape index (κ1) is 10.8. The van der Waals surface area contributed by atoms with Crippen molar-refractivity contribution >= 4 is 12.4 Å². The lowest BCUT2D eigenvalue weighted by Crippen LogP contribution is -2.32. The fraction of sp³-hybridized carbons (Fsp3) is 0.846. The Morgan fingerprint density at radius 3 is 2.53 bits per heavy atom. The quantitative estimate of drug-likeness (QED) is 0.630. The molecule has 2 rings (SSSR count). The molecule has 2 heteroatoms. The number of hydrogen-bond donors (Lipinski definition) is 0. The molecule has 1 heterocycles. The minimum absolute atomic E-state index is 0.449. The molecule has 0 saturated heterocycles. The summed E-state index contributed by atoms with van der Waals surface area (Å²) < 4.78 is 0. The van der Waals surface area contributed by atoms with Gasteiger partial charge in [0.25, 0.3) is 0 Å². The zero-order chi connectivity index (χ0) is 10.9. The second-order valence-electron chi connectivity index (χ2n) is 5.64. The smallest absolute Gasteiger partial charge is 0.0728 e. The van der Waals surface area contributed by atoms with Gasteiger partial charge in [0.2, 0.25) is 0 Å². The van der Waals surface area contributed by atoms with Gasteiger partial charge >= 0.3 is 0 Å². The molecule has 84 valence electrons. The second-order valence-corrected chi connectivity index (χ2v) is 5.64. The summed E-state index contributed by atoms with van der Waals surface area (Å²) in [7, 11) is 0. The van der Waals surface area contributed by atoms with Crippen LogP contribution in [0.15, 0.2) is 9.98 Å². The van der Waals surface area contributed by atoms with Gasteiger partial charge in [-0.1, -0.05) is 27.2 Å². The maximum atomic E-state index is 4.61. The molecule has 1 aliphatic carbocycles. The highest BCUT2D eigenvalue weighted by Crippen LogP contribution is 2.42. The van der Waals surface area contributed by atoms with Crippen LogP contribution in [-0.4, -0.2) is 24.5 Å². The van der Waals surface area contributed by atoms with E-state index in [2.05, 4.69) is 30.8 Å². The van der Waals surface area contributed by atoms with Crippen LogP contribution in [0.3, 0.4) is 0 Å². The molecule has 3 unspecified atom stereocenters. The summed E-state index contributed by atoms with van der Waals surface area (Å²) in [6, 6.07) is 0.917. The van der Waals surface area contributed by atoms with Crippen LogP contribution in [-0.2, 0) is 0 Å². The van der Waals surface area contributed by atoms with Crippen LogP contribution in [0.4, 0.5) is 0 Å². The molecule has 0 aromatic rings. The molecular formula is C13H22N2. The van der Waals surface area contributed by atoms with Crippen molar-refractivity contribution in [2.24, 2.45) is 21.3 Å². The van der Waals surface area contributed by atoms with Crippen molar-refractivity contribution in [2.45, 2.75) is 58.5 Å². The van der Waals surface area contributed by atoms with Crippen LogP contribution < -0.4 is 0 Å². The van der Waals surface area contributed by atoms with Crippen molar-refractivity contribution in [3.05, 3.63) is 0 Å². The maximum absolute atomic E-state index is 4.61. The van der Waals surface area contributed by atoms with E-state index in [4.69, 9.17) is 0 Å². The summed E-state index contributed by atoms with van der Waals surface area (Å²) in [5, 5.41) is 0. The lowest BCUT2D eigenvalue weighted by Gasteiger charge is -2.35. The molecule has 0 spiro atoms. The van der Waals surface area contributed by atoms with Crippen molar-refractivity contribution in [2.75, 3.05) is 0 Å². The highest BCUT2D eigenvalue weighted by atomic mass is 14.9. The van der Waals surface area contributed by atoms with E-state index in [1.807, 2.05) is 12.4 Å². The summed E-state index contributed by atoms with van der Waals surface area (Å²) in [4.78, 5) is 9.18. The summed E-state index contributed by atoms with van der Waals surface area (Å²) in [5.74, 6) is 0.748. The van der Waals surface area contributed by atoms with Crippen molar-refractivity contribution < 1.29 is 0 Å². The minimum Gasteiger partial charge on any atom is -0.286 e. The Hall–Kier alpha value is -0.660. The van der Waals surface area contributed by atoms with E-state index in [1.165, 1.54) is 25.7 Å². The van der Waals surface area contributed by atoms with E-state index < -0.39 is 0 Å². The normalized spacial score (nSPS) is 40.3. The van der Waals surface area contributed by atoms with E-state index in [9.17, 15) is 0 Å². The molecule has 1 saturated carbocycles. The van der Waals surface area contributed by atoms with E-state index in [-0.39, 0.29) is 0 Å². The van der Waals surface area contributed by atoms with Crippen molar-refractivity contribution in [1.29, 1.82) is 0 Å². The van der Waals surface area contributed by atoms with Crippen LogP contribution in [0.2, 0.25) is 0 Å². The monoisotopic (exact) mass is 206 g/mol. The Labute approximate surface area is 92.9 Å². The first-order chi connectivity index (χ1) is 7.12. The molecule has 0 N–H and O–H groups in total. The molecule has 0 amide bonds. The fourth-order valence-corrected chi connectivity index (χ4v) is 2.77. The minimum atomic E-state index is 0.449. The van der Waals surface area contributed by atoms with Gasteiger partial charge < -0.3 is 0 Å². The summed E-state index contributed by atoms with van der Waals surface area (Å²) in [6.45, 7) is 7.11. The predicted octanol–water partition coefficient (Wildman–Crippen LogP) is 3.12.